The molecule has 1 heterocycles. The van der Waals surface area contributed by atoms with Gasteiger partial charge in [-0.05, 0) is 0 Å². The monoisotopic (exact) mass is 134 g/mol. The Kier molecular flexibility index (Phi) is 1.07. The van der Waals surface area contributed by atoms with Crippen LogP contribution in [0.15, 0.2) is 0 Å². The lowest BCUT2D eigenvalue weighted by Crippen LogP contribution is -2.63. The summed E-state index contributed by atoms with van der Waals surface area (Å²) in [5.41, 5.74) is 10.2. The third kappa shape index (κ3) is 0.725. The van der Waals surface area contributed by atoms with E-state index < -0.39 is 15.1 Å². The molecule has 0 bridgehead atoms. The van der Waals surface area contributed by atoms with Gasteiger partial charge in [0.2, 0.25) is 0 Å². The Balaban J connectivity index is 2.40. The Morgan fingerprint density at radius 1 is 1.62 bits per heavy atom. The van der Waals surface area contributed by atoms with Crippen molar-refractivity contribution in [3.63, 3.8) is 0 Å². The molecular formula is C2H6N2O3Si. The van der Waals surface area contributed by atoms with E-state index in [1.54, 1.807) is 0 Å². The lowest BCUT2D eigenvalue weighted by Gasteiger charge is -2.35. The Hall–Kier alpha value is -0.463. The summed E-state index contributed by atoms with van der Waals surface area (Å²) in [6.07, 6.45) is 0. The SMILES string of the molecule is NCC1(N)O[Si](=O)O1. The van der Waals surface area contributed by atoms with Crippen LogP contribution in [0.25, 0.3) is 0 Å². The van der Waals surface area contributed by atoms with E-state index in [-0.39, 0.29) is 6.54 Å². The highest BCUT2D eigenvalue weighted by atomic mass is 28.3. The second kappa shape index (κ2) is 1.51. The van der Waals surface area contributed by atoms with Crippen LogP contribution in [0, 0.1) is 0 Å². The van der Waals surface area contributed by atoms with Crippen LogP contribution in [-0.2, 0) is 13.3 Å². The first kappa shape index (κ1) is 5.67. The average Bonchev–Trinajstić information content (AvgIpc) is 1.63. The highest BCUT2D eigenvalue weighted by Gasteiger charge is 2.46. The molecule has 0 spiro atoms. The summed E-state index contributed by atoms with van der Waals surface area (Å²) < 4.78 is 19.0. The van der Waals surface area contributed by atoms with Gasteiger partial charge in [0.15, 0.2) is 0 Å². The minimum absolute atomic E-state index is 0.0312. The summed E-state index contributed by atoms with van der Waals surface area (Å²) in [7, 11) is -2.27. The van der Waals surface area contributed by atoms with Crippen LogP contribution in [0.1, 0.15) is 0 Å². The van der Waals surface area contributed by atoms with E-state index in [0.717, 1.165) is 0 Å². The fourth-order valence-corrected chi connectivity index (χ4v) is 1.12. The first-order valence-electron chi connectivity index (χ1n) is 2.07. The molecule has 0 aromatic carbocycles. The fraction of sp³-hybridized carbons (Fsp3) is 1.00. The smallest absolute Gasteiger partial charge is 0.445 e. The molecule has 1 aliphatic heterocycles. The lowest BCUT2D eigenvalue weighted by molar-refractivity contribution is -0.212. The second-order valence-electron chi connectivity index (χ2n) is 1.47. The van der Waals surface area contributed by atoms with Gasteiger partial charge in [-0.2, -0.15) is 0 Å². The molecule has 0 aromatic rings. The summed E-state index contributed by atoms with van der Waals surface area (Å²) in [6.45, 7) is 0.0312. The van der Waals surface area contributed by atoms with Crippen molar-refractivity contribution >= 4 is 9.17 Å². The van der Waals surface area contributed by atoms with Crippen molar-refractivity contribution in [2.24, 2.45) is 11.5 Å². The molecular weight excluding hydrogens is 128 g/mol. The number of hydrogen-bond donors (Lipinski definition) is 2. The standard InChI is InChI=1S/C2H6N2O3Si/c3-1-2(4)6-8(5)7-2/h1,3-4H2. The predicted molar refractivity (Wildman–Crippen MR) is 24.6 cm³/mol. The normalized spacial score (nSPS) is 23.0. The summed E-state index contributed by atoms with van der Waals surface area (Å²) >= 11 is 0. The molecule has 0 unspecified atom stereocenters. The maximum Gasteiger partial charge on any atom is 0.775 e. The van der Waals surface area contributed by atoms with Gasteiger partial charge in [0.05, 0.1) is 6.54 Å². The van der Waals surface area contributed by atoms with Gasteiger partial charge < -0.3 is 14.6 Å². The quantitative estimate of drug-likeness (QED) is 0.406. The number of hydrogen-bond acceptors (Lipinski definition) is 5. The highest BCUT2D eigenvalue weighted by molar-refractivity contribution is 6.29. The van der Waals surface area contributed by atoms with E-state index in [1.807, 2.05) is 0 Å². The fourth-order valence-electron chi connectivity index (χ4n) is 0.373. The van der Waals surface area contributed by atoms with Gasteiger partial charge in [-0.3, -0.25) is 10.2 Å². The van der Waals surface area contributed by atoms with Crippen molar-refractivity contribution in [2.45, 2.75) is 5.91 Å². The van der Waals surface area contributed by atoms with Crippen molar-refractivity contribution in [1.29, 1.82) is 0 Å². The van der Waals surface area contributed by atoms with Crippen molar-refractivity contribution in [3.05, 3.63) is 0 Å². The van der Waals surface area contributed by atoms with Crippen molar-refractivity contribution in [1.82, 2.24) is 0 Å². The molecule has 1 aliphatic rings. The lowest BCUT2D eigenvalue weighted by atomic mass is 10.5. The number of rotatable bonds is 1. The van der Waals surface area contributed by atoms with Crippen LogP contribution in [0.2, 0.25) is 0 Å². The number of nitrogens with two attached hydrogens (primary N) is 2. The highest BCUT2D eigenvalue weighted by Crippen LogP contribution is 2.13. The van der Waals surface area contributed by atoms with Gasteiger partial charge >= 0.3 is 15.1 Å². The molecule has 6 heteroatoms. The summed E-state index contributed by atoms with van der Waals surface area (Å²) in [5, 5.41) is 0. The van der Waals surface area contributed by atoms with Gasteiger partial charge in [0.25, 0.3) is 0 Å². The van der Waals surface area contributed by atoms with Crippen LogP contribution < -0.4 is 11.5 Å². The van der Waals surface area contributed by atoms with Crippen molar-refractivity contribution < 1.29 is 13.3 Å². The topological polar surface area (TPSA) is 87.6 Å². The maximum absolute atomic E-state index is 10.1. The summed E-state index contributed by atoms with van der Waals surface area (Å²) in [4.78, 5) is 0. The van der Waals surface area contributed by atoms with Crippen LogP contribution in [-0.4, -0.2) is 21.6 Å². The molecule has 0 aliphatic carbocycles. The second-order valence-corrected chi connectivity index (χ2v) is 2.38. The zero-order chi connectivity index (χ0) is 6.20. The molecule has 1 saturated heterocycles. The van der Waals surface area contributed by atoms with E-state index in [0.29, 0.717) is 0 Å². The molecule has 0 amide bonds. The molecule has 4 N–H and O–H groups in total. The minimum atomic E-state index is -2.27. The predicted octanol–water partition coefficient (Wildman–Crippen LogP) is -1.98. The summed E-state index contributed by atoms with van der Waals surface area (Å²) in [5.74, 6) is -1.25. The van der Waals surface area contributed by atoms with E-state index in [2.05, 4.69) is 8.85 Å². The van der Waals surface area contributed by atoms with E-state index in [9.17, 15) is 4.46 Å². The molecule has 1 fully saturated rings. The third-order valence-corrected chi connectivity index (χ3v) is 1.82. The van der Waals surface area contributed by atoms with Crippen LogP contribution >= 0.6 is 0 Å². The maximum atomic E-state index is 10.1. The molecule has 0 atom stereocenters. The van der Waals surface area contributed by atoms with Gasteiger partial charge in [-0.15, -0.1) is 0 Å². The molecule has 5 nitrogen and oxygen atoms in total. The van der Waals surface area contributed by atoms with Gasteiger partial charge in [0.1, 0.15) is 0 Å². The van der Waals surface area contributed by atoms with Gasteiger partial charge in [-0.1, -0.05) is 0 Å². The zero-order valence-electron chi connectivity index (χ0n) is 4.09. The Bertz CT molecular complexity index is 118. The first-order valence-corrected chi connectivity index (χ1v) is 3.30. The average molecular weight is 134 g/mol. The molecule has 0 radical (unpaired) electrons. The Morgan fingerprint density at radius 3 is 2.25 bits per heavy atom. The Morgan fingerprint density at radius 2 is 2.12 bits per heavy atom. The summed E-state index contributed by atoms with van der Waals surface area (Å²) in [6, 6.07) is 0. The molecule has 1 rings (SSSR count). The first-order chi connectivity index (χ1) is 3.66. The molecule has 46 valence electrons. The van der Waals surface area contributed by atoms with Crippen LogP contribution in [0.4, 0.5) is 0 Å². The van der Waals surface area contributed by atoms with Crippen LogP contribution in [0.3, 0.4) is 0 Å². The van der Waals surface area contributed by atoms with E-state index in [4.69, 9.17) is 11.5 Å². The zero-order valence-corrected chi connectivity index (χ0v) is 5.09. The largest absolute Gasteiger partial charge is 0.775 e. The molecule has 0 saturated carbocycles. The van der Waals surface area contributed by atoms with Crippen LogP contribution in [0.5, 0.6) is 0 Å². The van der Waals surface area contributed by atoms with Crippen molar-refractivity contribution in [3.8, 4) is 0 Å². The Labute approximate surface area is 47.5 Å². The van der Waals surface area contributed by atoms with E-state index in [1.165, 1.54) is 0 Å². The van der Waals surface area contributed by atoms with Gasteiger partial charge in [-0.25, -0.2) is 0 Å². The van der Waals surface area contributed by atoms with Crippen molar-refractivity contribution in [2.75, 3.05) is 6.54 Å². The minimum Gasteiger partial charge on any atom is -0.445 e. The molecule has 0 aromatic heterocycles. The van der Waals surface area contributed by atoms with Gasteiger partial charge in [0, 0.05) is 0 Å². The van der Waals surface area contributed by atoms with E-state index >= 15 is 0 Å². The third-order valence-electron chi connectivity index (χ3n) is 0.797. The molecule has 8 heavy (non-hydrogen) atoms.